The summed E-state index contributed by atoms with van der Waals surface area (Å²) in [4.78, 5) is 28.5. The van der Waals surface area contributed by atoms with E-state index in [1.165, 1.54) is 12.3 Å². The third kappa shape index (κ3) is 3.05. The lowest BCUT2D eigenvalue weighted by Crippen LogP contribution is -2.47. The van der Waals surface area contributed by atoms with Gasteiger partial charge in [-0.2, -0.15) is 0 Å². The van der Waals surface area contributed by atoms with Gasteiger partial charge in [0.05, 0.1) is 5.02 Å². The number of hydrogen-bond donors (Lipinski definition) is 0. The standard InChI is InChI=1S/C21H21Cl2NO4/c1-10-12-8-13-11(2)15(4-6-21(13,3)9-16(12)28-19(10)25)27-20(26)17-14(22)5-7-24-18(17)23/h5,7,12-13,15-16H,1-2,4,6,8-9H2,3H3/t12-,13+,15-,16-,21-/m1/s1. The Morgan fingerprint density at radius 1 is 1.39 bits per heavy atom. The summed E-state index contributed by atoms with van der Waals surface area (Å²) in [5, 5.41) is 0.219. The molecule has 7 heteroatoms. The van der Waals surface area contributed by atoms with Gasteiger partial charge in [0.2, 0.25) is 0 Å². The van der Waals surface area contributed by atoms with E-state index in [0.717, 1.165) is 24.8 Å². The number of halogens is 2. The average Bonchev–Trinajstić information content (AvgIpc) is 2.89. The van der Waals surface area contributed by atoms with Crippen LogP contribution in [0.25, 0.3) is 0 Å². The second-order valence-electron chi connectivity index (χ2n) is 8.19. The molecule has 0 amide bonds. The number of carbonyl (C=O) groups is 2. The minimum atomic E-state index is -0.602. The highest BCUT2D eigenvalue weighted by Crippen LogP contribution is 2.57. The molecule has 0 spiro atoms. The van der Waals surface area contributed by atoms with Crippen molar-refractivity contribution >= 4 is 35.1 Å². The maximum atomic E-state index is 12.7. The van der Waals surface area contributed by atoms with Crippen LogP contribution in [-0.2, 0) is 14.3 Å². The molecule has 28 heavy (non-hydrogen) atoms. The van der Waals surface area contributed by atoms with E-state index in [9.17, 15) is 9.59 Å². The first-order valence-electron chi connectivity index (χ1n) is 9.30. The van der Waals surface area contributed by atoms with Crippen LogP contribution in [0.15, 0.2) is 36.6 Å². The van der Waals surface area contributed by atoms with Crippen molar-refractivity contribution in [1.29, 1.82) is 0 Å². The van der Waals surface area contributed by atoms with Gasteiger partial charge in [0, 0.05) is 17.7 Å². The molecule has 5 atom stereocenters. The monoisotopic (exact) mass is 421 g/mol. The fraction of sp³-hybridized carbons (Fsp3) is 0.476. The molecule has 4 rings (SSSR count). The van der Waals surface area contributed by atoms with Gasteiger partial charge >= 0.3 is 11.9 Å². The van der Waals surface area contributed by atoms with Crippen LogP contribution in [0.5, 0.6) is 0 Å². The van der Waals surface area contributed by atoms with Crippen molar-refractivity contribution in [2.24, 2.45) is 17.3 Å². The van der Waals surface area contributed by atoms with Crippen LogP contribution in [-0.4, -0.2) is 29.1 Å². The SMILES string of the molecule is C=C1C(=O)O[C@@H]2C[C@@]3(C)CC[C@@H](OC(=O)c4c(Cl)ccnc4Cl)C(=C)[C@@H]3C[C@H]12. The van der Waals surface area contributed by atoms with Gasteiger partial charge in [0.25, 0.3) is 0 Å². The first-order valence-corrected chi connectivity index (χ1v) is 10.1. The molecule has 1 aliphatic heterocycles. The van der Waals surface area contributed by atoms with Crippen molar-refractivity contribution in [2.75, 3.05) is 0 Å². The van der Waals surface area contributed by atoms with Gasteiger partial charge in [-0.1, -0.05) is 43.3 Å². The van der Waals surface area contributed by atoms with E-state index in [4.69, 9.17) is 32.7 Å². The first kappa shape index (κ1) is 19.5. The molecule has 0 bridgehead atoms. The Labute approximate surface area is 173 Å². The predicted octanol–water partition coefficient (Wildman–Crippen LogP) is 4.78. The molecule has 5 nitrogen and oxygen atoms in total. The molecule has 0 aromatic carbocycles. The summed E-state index contributed by atoms with van der Waals surface area (Å²) in [6.45, 7) is 10.4. The molecule has 3 aliphatic rings. The molecule has 0 N–H and O–H groups in total. The Morgan fingerprint density at radius 2 is 2.14 bits per heavy atom. The molecule has 1 aromatic rings. The molecule has 3 fully saturated rings. The molecule has 2 saturated carbocycles. The van der Waals surface area contributed by atoms with E-state index in [1.807, 2.05) is 0 Å². The van der Waals surface area contributed by atoms with Crippen LogP contribution < -0.4 is 0 Å². The summed E-state index contributed by atoms with van der Waals surface area (Å²) in [5.41, 5.74) is 1.42. The minimum Gasteiger partial charge on any atom is -0.458 e. The molecule has 0 unspecified atom stereocenters. The third-order valence-electron chi connectivity index (χ3n) is 6.56. The number of esters is 2. The zero-order valence-corrected chi connectivity index (χ0v) is 17.1. The minimum absolute atomic E-state index is 0.000936. The number of aromatic nitrogens is 1. The van der Waals surface area contributed by atoms with E-state index < -0.39 is 12.1 Å². The van der Waals surface area contributed by atoms with Crippen molar-refractivity contribution in [1.82, 2.24) is 4.98 Å². The predicted molar refractivity (Wildman–Crippen MR) is 105 cm³/mol. The molecule has 2 heterocycles. The molecule has 1 aromatic heterocycles. The fourth-order valence-electron chi connectivity index (χ4n) is 4.95. The van der Waals surface area contributed by atoms with Gasteiger partial charge in [0.1, 0.15) is 22.9 Å². The largest absolute Gasteiger partial charge is 0.458 e. The number of rotatable bonds is 2. The summed E-state index contributed by atoms with van der Waals surface area (Å²) in [5.74, 6) is -0.785. The number of hydrogen-bond acceptors (Lipinski definition) is 5. The average molecular weight is 422 g/mol. The first-order chi connectivity index (χ1) is 13.2. The second-order valence-corrected chi connectivity index (χ2v) is 8.95. The highest BCUT2D eigenvalue weighted by atomic mass is 35.5. The van der Waals surface area contributed by atoms with Crippen LogP contribution in [0.2, 0.25) is 10.2 Å². The van der Waals surface area contributed by atoms with Gasteiger partial charge in [-0.25, -0.2) is 14.6 Å². The van der Waals surface area contributed by atoms with E-state index >= 15 is 0 Å². The molecule has 148 valence electrons. The highest BCUT2D eigenvalue weighted by molar-refractivity contribution is 6.38. The Morgan fingerprint density at radius 3 is 2.86 bits per heavy atom. The summed E-state index contributed by atoms with van der Waals surface area (Å²) >= 11 is 12.1. The highest BCUT2D eigenvalue weighted by Gasteiger charge is 2.54. The van der Waals surface area contributed by atoms with Crippen molar-refractivity contribution < 1.29 is 19.1 Å². The van der Waals surface area contributed by atoms with Crippen LogP contribution >= 0.6 is 23.2 Å². The van der Waals surface area contributed by atoms with Gasteiger partial charge in [-0.3, -0.25) is 0 Å². The maximum absolute atomic E-state index is 12.7. The Kier molecular flexibility index (Phi) is 4.79. The van der Waals surface area contributed by atoms with E-state index in [2.05, 4.69) is 25.1 Å². The Bertz CT molecular complexity index is 878. The number of carbonyl (C=O) groups excluding carboxylic acids is 2. The second kappa shape index (κ2) is 6.89. The number of pyridine rings is 1. The normalized spacial score (nSPS) is 34.5. The molecular formula is C21H21Cl2NO4. The molecule has 1 saturated heterocycles. The lowest BCUT2D eigenvalue weighted by molar-refractivity contribution is -0.142. The zero-order valence-electron chi connectivity index (χ0n) is 15.5. The topological polar surface area (TPSA) is 65.5 Å². The van der Waals surface area contributed by atoms with E-state index in [-0.39, 0.29) is 45.1 Å². The molecular weight excluding hydrogens is 401 g/mol. The van der Waals surface area contributed by atoms with Crippen LogP contribution in [0.1, 0.15) is 43.0 Å². The van der Waals surface area contributed by atoms with Crippen LogP contribution in [0, 0.1) is 17.3 Å². The molecule has 2 aliphatic carbocycles. The maximum Gasteiger partial charge on any atom is 0.343 e. The lowest BCUT2D eigenvalue weighted by Gasteiger charge is -2.51. The van der Waals surface area contributed by atoms with Gasteiger partial charge in [-0.05, 0) is 48.7 Å². The third-order valence-corrected chi connectivity index (χ3v) is 7.16. The van der Waals surface area contributed by atoms with Gasteiger partial charge in [0.15, 0.2) is 0 Å². The van der Waals surface area contributed by atoms with Gasteiger partial charge in [-0.15, -0.1) is 0 Å². The smallest absolute Gasteiger partial charge is 0.343 e. The Balaban J connectivity index is 1.53. The Hall–Kier alpha value is -1.85. The van der Waals surface area contributed by atoms with Crippen LogP contribution in [0.3, 0.4) is 0 Å². The number of fused-ring (bicyclic) bond motifs is 2. The van der Waals surface area contributed by atoms with E-state index in [0.29, 0.717) is 12.0 Å². The van der Waals surface area contributed by atoms with Crippen molar-refractivity contribution in [2.45, 2.75) is 44.8 Å². The number of nitrogens with zero attached hydrogens (tertiary/aromatic N) is 1. The molecule has 0 radical (unpaired) electrons. The fourth-order valence-corrected chi connectivity index (χ4v) is 5.46. The summed E-state index contributed by atoms with van der Waals surface area (Å²) < 4.78 is 11.2. The van der Waals surface area contributed by atoms with E-state index in [1.54, 1.807) is 0 Å². The quantitative estimate of drug-likeness (QED) is 0.297. The van der Waals surface area contributed by atoms with Crippen LogP contribution in [0.4, 0.5) is 0 Å². The van der Waals surface area contributed by atoms with Crippen molar-refractivity contribution in [3.8, 4) is 0 Å². The summed E-state index contributed by atoms with van der Waals surface area (Å²) in [6, 6.07) is 1.50. The summed E-state index contributed by atoms with van der Waals surface area (Å²) in [6.07, 6.45) is 3.89. The van der Waals surface area contributed by atoms with Crippen molar-refractivity contribution in [3.63, 3.8) is 0 Å². The number of ether oxygens (including phenoxy) is 2. The zero-order chi connectivity index (χ0) is 20.2. The van der Waals surface area contributed by atoms with Crippen molar-refractivity contribution in [3.05, 3.63) is 52.3 Å². The van der Waals surface area contributed by atoms with Gasteiger partial charge < -0.3 is 9.47 Å². The summed E-state index contributed by atoms with van der Waals surface area (Å²) in [7, 11) is 0. The lowest BCUT2D eigenvalue weighted by atomic mass is 9.55.